The Kier molecular flexibility index (Phi) is 5.29. The van der Waals surface area contributed by atoms with E-state index in [1.54, 1.807) is 14.1 Å². The van der Waals surface area contributed by atoms with E-state index in [-0.39, 0.29) is 38.1 Å². The Hall–Kier alpha value is -2.50. The Labute approximate surface area is 172 Å². The van der Waals surface area contributed by atoms with Crippen molar-refractivity contribution in [2.45, 2.75) is 0 Å². The Morgan fingerprint density at radius 1 is 0.714 bits per heavy atom. The molecule has 0 radical (unpaired) electrons. The average Bonchev–Trinajstić information content (AvgIpc) is 3.28. The van der Waals surface area contributed by atoms with Crippen LogP contribution in [0.25, 0.3) is 21.8 Å². The van der Waals surface area contributed by atoms with Gasteiger partial charge in [-0.25, -0.2) is 0 Å². The third-order valence-corrected chi connectivity index (χ3v) is 11.2. The van der Waals surface area contributed by atoms with E-state index in [1.165, 1.54) is 0 Å². The maximum atomic E-state index is 12.5. The van der Waals surface area contributed by atoms with E-state index in [0.29, 0.717) is 11.1 Å². The number of nitrogens with one attached hydrogen (secondary N) is 4. The summed E-state index contributed by atoms with van der Waals surface area (Å²) in [6.07, 6.45) is 0. The van der Waals surface area contributed by atoms with E-state index >= 15 is 0 Å². The van der Waals surface area contributed by atoms with Crippen LogP contribution in [0.15, 0.2) is 48.5 Å². The number of H-pyrrole nitrogens is 2. The number of aromatic nitrogens is 2. The first-order valence-electron chi connectivity index (χ1n) is 8.64. The molecule has 4 rings (SSSR count). The molecule has 0 fully saturated rings. The Morgan fingerprint density at radius 2 is 1.11 bits per heavy atom. The summed E-state index contributed by atoms with van der Waals surface area (Å²) in [4.78, 5) is 31.8. The monoisotopic (exact) mass is 506 g/mol. The van der Waals surface area contributed by atoms with Crippen LogP contribution < -0.4 is 19.8 Å². The molecular formula is C20H18N4O2Se2. The molecule has 8 heteroatoms. The fourth-order valence-corrected chi connectivity index (χ4v) is 9.87. The van der Waals surface area contributed by atoms with Crippen molar-refractivity contribution < 1.29 is 9.59 Å². The fraction of sp³-hybridized carbons (Fsp3) is 0.100. The Balaban J connectivity index is 1.74. The first kappa shape index (κ1) is 18.8. The topological polar surface area (TPSA) is 89.8 Å². The first-order valence-corrected chi connectivity index (χ1v) is 14.7. The molecule has 4 N–H and O–H groups in total. The molecule has 0 atom stereocenters. The zero-order chi connectivity index (χ0) is 19.7. The Morgan fingerprint density at radius 3 is 1.50 bits per heavy atom. The minimum absolute atomic E-state index is 0.00247. The van der Waals surface area contributed by atoms with Gasteiger partial charge in [-0.3, -0.25) is 0 Å². The SMILES string of the molecule is CNC(=O)c1c([Se][Se]c2[nH]c3ccccc3c2C(=O)NC)[nH]c2ccccc12. The van der Waals surface area contributed by atoms with Crippen LogP contribution in [0.5, 0.6) is 0 Å². The molecule has 2 amide bonds. The second-order valence-corrected chi connectivity index (χ2v) is 12.1. The van der Waals surface area contributed by atoms with Crippen molar-refractivity contribution in [3.63, 3.8) is 0 Å². The first-order chi connectivity index (χ1) is 13.6. The fourth-order valence-electron chi connectivity index (χ4n) is 3.14. The van der Waals surface area contributed by atoms with E-state index < -0.39 is 0 Å². The number of amides is 2. The van der Waals surface area contributed by atoms with Gasteiger partial charge < -0.3 is 0 Å². The van der Waals surface area contributed by atoms with Crippen molar-refractivity contribution in [1.29, 1.82) is 0 Å². The molecule has 0 aliphatic heterocycles. The average molecular weight is 504 g/mol. The number of aromatic amines is 2. The number of fused-ring (bicyclic) bond motifs is 2. The quantitative estimate of drug-likeness (QED) is 0.301. The van der Waals surface area contributed by atoms with Gasteiger partial charge in [-0.2, -0.15) is 0 Å². The van der Waals surface area contributed by atoms with Gasteiger partial charge in [0.05, 0.1) is 0 Å². The molecule has 142 valence electrons. The summed E-state index contributed by atoms with van der Waals surface area (Å²) in [7, 11) is 3.29. The molecule has 2 aromatic heterocycles. The molecule has 6 nitrogen and oxygen atoms in total. The van der Waals surface area contributed by atoms with Gasteiger partial charge in [0.1, 0.15) is 0 Å². The Bertz CT molecular complexity index is 1100. The van der Waals surface area contributed by atoms with Crippen LogP contribution in [0.1, 0.15) is 20.7 Å². The molecule has 0 bridgehead atoms. The van der Waals surface area contributed by atoms with Gasteiger partial charge in [0.15, 0.2) is 0 Å². The number of rotatable bonds is 5. The summed E-state index contributed by atoms with van der Waals surface area (Å²) < 4.78 is 1.91. The van der Waals surface area contributed by atoms with Gasteiger partial charge >= 0.3 is 173 Å². The molecule has 2 heterocycles. The molecule has 4 aromatic rings. The number of hydrogen-bond donors (Lipinski definition) is 4. The van der Waals surface area contributed by atoms with Crippen LogP contribution in [-0.4, -0.2) is 62.1 Å². The predicted octanol–water partition coefficient (Wildman–Crippen LogP) is 0.643. The van der Waals surface area contributed by atoms with E-state index in [1.807, 2.05) is 48.5 Å². The summed E-state index contributed by atoms with van der Waals surface area (Å²) >= 11 is -0.00494. The molecule has 0 saturated heterocycles. The van der Waals surface area contributed by atoms with Crippen LogP contribution in [0, 0.1) is 0 Å². The third kappa shape index (κ3) is 3.25. The second-order valence-electron chi connectivity index (χ2n) is 6.07. The van der Waals surface area contributed by atoms with Gasteiger partial charge in [0, 0.05) is 0 Å². The van der Waals surface area contributed by atoms with Crippen molar-refractivity contribution in [3.8, 4) is 0 Å². The number of hydrogen-bond acceptors (Lipinski definition) is 2. The third-order valence-electron chi connectivity index (χ3n) is 4.46. The summed E-state index contributed by atoms with van der Waals surface area (Å²) in [6.45, 7) is 0. The normalized spacial score (nSPS) is 11.1. The predicted molar refractivity (Wildman–Crippen MR) is 114 cm³/mol. The molecule has 0 saturated carbocycles. The van der Waals surface area contributed by atoms with Crippen molar-refractivity contribution in [3.05, 3.63) is 59.7 Å². The molecular weight excluding hydrogens is 486 g/mol. The van der Waals surface area contributed by atoms with Crippen LogP contribution in [-0.2, 0) is 0 Å². The molecule has 0 aliphatic carbocycles. The minimum atomic E-state index is -0.0895. The van der Waals surface area contributed by atoms with E-state index in [2.05, 4.69) is 20.6 Å². The number of carbonyl (C=O) groups is 2. The van der Waals surface area contributed by atoms with Gasteiger partial charge in [-0.1, -0.05) is 0 Å². The molecule has 2 aromatic carbocycles. The van der Waals surface area contributed by atoms with Gasteiger partial charge in [0.25, 0.3) is 0 Å². The van der Waals surface area contributed by atoms with E-state index in [0.717, 1.165) is 31.0 Å². The molecule has 0 aliphatic rings. The summed E-state index contributed by atoms with van der Waals surface area (Å²) in [5, 5.41) is 7.35. The summed E-state index contributed by atoms with van der Waals surface area (Å²) in [6, 6.07) is 15.7. The van der Waals surface area contributed by atoms with Gasteiger partial charge in [0.2, 0.25) is 0 Å². The van der Waals surface area contributed by atoms with Crippen LogP contribution in [0.3, 0.4) is 0 Å². The molecule has 0 unspecified atom stereocenters. The van der Waals surface area contributed by atoms with Crippen molar-refractivity contribution in [2.24, 2.45) is 0 Å². The van der Waals surface area contributed by atoms with Crippen molar-refractivity contribution in [2.75, 3.05) is 14.1 Å². The maximum absolute atomic E-state index is 12.5. The molecule has 28 heavy (non-hydrogen) atoms. The summed E-state index contributed by atoms with van der Waals surface area (Å²) in [5.74, 6) is -0.179. The zero-order valence-electron chi connectivity index (χ0n) is 15.3. The molecule has 0 spiro atoms. The van der Waals surface area contributed by atoms with Crippen LogP contribution >= 0.6 is 0 Å². The zero-order valence-corrected chi connectivity index (χ0v) is 18.7. The van der Waals surface area contributed by atoms with Crippen LogP contribution in [0.4, 0.5) is 0 Å². The van der Waals surface area contributed by atoms with E-state index in [9.17, 15) is 9.59 Å². The van der Waals surface area contributed by atoms with Gasteiger partial charge in [-0.05, 0) is 0 Å². The van der Waals surface area contributed by atoms with Crippen LogP contribution in [0.2, 0.25) is 0 Å². The number of para-hydroxylation sites is 2. The van der Waals surface area contributed by atoms with Gasteiger partial charge in [-0.15, -0.1) is 0 Å². The van der Waals surface area contributed by atoms with Crippen molar-refractivity contribution in [1.82, 2.24) is 20.6 Å². The summed E-state index contributed by atoms with van der Waals surface area (Å²) in [5.41, 5.74) is 3.32. The second kappa shape index (κ2) is 7.86. The van der Waals surface area contributed by atoms with Crippen molar-refractivity contribution >= 4 is 69.1 Å². The number of benzene rings is 2. The number of carbonyl (C=O) groups excluding carboxylic acids is 2. The standard InChI is InChI=1S/C20H18N4O2Se2/c1-21-17(25)15-11-7-3-5-9-13(11)23-19(15)27-28-20-16(18(26)22-2)12-8-4-6-10-14(12)24-20/h3-10,23-24H,1-2H3,(H,21,25)(H,22,26). The van der Waals surface area contributed by atoms with E-state index in [4.69, 9.17) is 0 Å².